The molecule has 10 heteroatoms. The van der Waals surface area contributed by atoms with Crippen LogP contribution in [0.4, 0.5) is 15.9 Å². The van der Waals surface area contributed by atoms with Gasteiger partial charge in [0, 0.05) is 49.9 Å². The SMILES string of the molecule is O=CN(c1cc(N2CCN(S(=O)(=O)CCCF)CC2)c2cc[nH]c2n1)C1CC1. The maximum atomic E-state index is 12.4. The van der Waals surface area contributed by atoms with Crippen molar-refractivity contribution >= 4 is 39.0 Å². The number of carbonyl (C=O) groups is 1. The minimum absolute atomic E-state index is 0.0307. The number of aromatic nitrogens is 2. The molecular weight excluding hydrogens is 385 g/mol. The molecule has 8 nitrogen and oxygen atoms in total. The predicted octanol–water partition coefficient (Wildman–Crippen LogP) is 1.50. The van der Waals surface area contributed by atoms with Gasteiger partial charge >= 0.3 is 0 Å². The maximum absolute atomic E-state index is 12.4. The number of pyridine rings is 1. The van der Waals surface area contributed by atoms with Crippen LogP contribution in [0.25, 0.3) is 11.0 Å². The largest absolute Gasteiger partial charge is 0.368 e. The summed E-state index contributed by atoms with van der Waals surface area (Å²) in [5.74, 6) is 0.459. The third-order valence-corrected chi connectivity index (χ3v) is 7.28. The molecule has 1 saturated carbocycles. The highest BCUT2D eigenvalue weighted by Crippen LogP contribution is 2.35. The summed E-state index contributed by atoms with van der Waals surface area (Å²) in [5, 5.41) is 0.944. The van der Waals surface area contributed by atoms with Crippen LogP contribution in [-0.4, -0.2) is 73.7 Å². The first-order chi connectivity index (χ1) is 13.5. The summed E-state index contributed by atoms with van der Waals surface area (Å²) in [6.45, 7) is 1.15. The summed E-state index contributed by atoms with van der Waals surface area (Å²) in [6, 6.07) is 4.06. The van der Waals surface area contributed by atoms with Crippen molar-refractivity contribution in [3.8, 4) is 0 Å². The summed E-state index contributed by atoms with van der Waals surface area (Å²) in [6.07, 6.45) is 4.63. The van der Waals surface area contributed by atoms with E-state index in [1.165, 1.54) is 4.31 Å². The molecule has 1 N–H and O–H groups in total. The van der Waals surface area contributed by atoms with Gasteiger partial charge in [-0.2, -0.15) is 4.31 Å². The molecule has 1 aliphatic heterocycles. The average Bonchev–Trinajstić information content (AvgIpc) is 3.42. The number of fused-ring (bicyclic) bond motifs is 1. The van der Waals surface area contributed by atoms with Gasteiger partial charge in [-0.05, 0) is 25.3 Å². The Balaban J connectivity index is 1.56. The fourth-order valence-corrected chi connectivity index (χ4v) is 5.11. The highest BCUT2D eigenvalue weighted by Gasteiger charge is 2.32. The van der Waals surface area contributed by atoms with Crippen LogP contribution in [0.3, 0.4) is 0 Å². The predicted molar refractivity (Wildman–Crippen MR) is 106 cm³/mol. The molecule has 0 bridgehead atoms. The van der Waals surface area contributed by atoms with Crippen molar-refractivity contribution < 1.29 is 17.6 Å². The van der Waals surface area contributed by atoms with Gasteiger partial charge in [0.15, 0.2) is 0 Å². The second-order valence-corrected chi connectivity index (χ2v) is 9.32. The van der Waals surface area contributed by atoms with E-state index in [0.29, 0.717) is 37.6 Å². The maximum Gasteiger partial charge on any atom is 0.215 e. The van der Waals surface area contributed by atoms with Gasteiger partial charge in [0.05, 0.1) is 18.1 Å². The van der Waals surface area contributed by atoms with Crippen molar-refractivity contribution in [2.45, 2.75) is 25.3 Å². The fourth-order valence-electron chi connectivity index (χ4n) is 3.65. The average molecular weight is 409 g/mol. The third-order valence-electron chi connectivity index (χ3n) is 5.32. The molecule has 0 aromatic carbocycles. The van der Waals surface area contributed by atoms with E-state index >= 15 is 0 Å². The number of sulfonamides is 1. The van der Waals surface area contributed by atoms with Crippen LogP contribution in [0.1, 0.15) is 19.3 Å². The van der Waals surface area contributed by atoms with Crippen LogP contribution in [0.5, 0.6) is 0 Å². The van der Waals surface area contributed by atoms with Gasteiger partial charge in [0.25, 0.3) is 0 Å². The zero-order chi connectivity index (χ0) is 19.7. The van der Waals surface area contributed by atoms with Crippen molar-refractivity contribution in [2.24, 2.45) is 0 Å². The summed E-state index contributed by atoms with van der Waals surface area (Å²) >= 11 is 0. The smallest absolute Gasteiger partial charge is 0.215 e. The van der Waals surface area contributed by atoms with E-state index < -0.39 is 16.7 Å². The van der Waals surface area contributed by atoms with Crippen LogP contribution in [-0.2, 0) is 14.8 Å². The van der Waals surface area contributed by atoms with Crippen LogP contribution < -0.4 is 9.80 Å². The van der Waals surface area contributed by atoms with Crippen molar-refractivity contribution in [1.29, 1.82) is 0 Å². The molecule has 2 fully saturated rings. The van der Waals surface area contributed by atoms with Gasteiger partial charge in [0.2, 0.25) is 16.4 Å². The normalized spacial score (nSPS) is 18.5. The molecule has 1 saturated heterocycles. The molecule has 28 heavy (non-hydrogen) atoms. The van der Waals surface area contributed by atoms with E-state index in [4.69, 9.17) is 0 Å². The number of anilines is 2. The topological polar surface area (TPSA) is 89.6 Å². The number of hydrogen-bond donors (Lipinski definition) is 1. The number of amides is 1. The fraction of sp³-hybridized carbons (Fsp3) is 0.556. The van der Waals surface area contributed by atoms with E-state index in [-0.39, 0.29) is 18.2 Å². The minimum atomic E-state index is -3.42. The molecule has 2 aromatic heterocycles. The lowest BCUT2D eigenvalue weighted by atomic mass is 10.2. The highest BCUT2D eigenvalue weighted by molar-refractivity contribution is 7.89. The van der Waals surface area contributed by atoms with Gasteiger partial charge in [-0.3, -0.25) is 14.1 Å². The Kier molecular flexibility index (Phi) is 5.24. The van der Waals surface area contributed by atoms with Gasteiger partial charge in [-0.15, -0.1) is 0 Å². The van der Waals surface area contributed by atoms with Crippen molar-refractivity contribution in [3.63, 3.8) is 0 Å². The van der Waals surface area contributed by atoms with Crippen LogP contribution in [0.2, 0.25) is 0 Å². The zero-order valence-electron chi connectivity index (χ0n) is 15.6. The molecule has 2 aromatic rings. The number of rotatable bonds is 8. The second kappa shape index (κ2) is 7.67. The van der Waals surface area contributed by atoms with Crippen LogP contribution >= 0.6 is 0 Å². The second-order valence-electron chi connectivity index (χ2n) is 7.23. The van der Waals surface area contributed by atoms with Crippen molar-refractivity contribution in [2.75, 3.05) is 48.4 Å². The Labute approximate surface area is 163 Å². The minimum Gasteiger partial charge on any atom is -0.368 e. The summed E-state index contributed by atoms with van der Waals surface area (Å²) in [5.41, 5.74) is 1.65. The molecule has 1 aliphatic carbocycles. The van der Waals surface area contributed by atoms with E-state index in [1.54, 1.807) is 4.90 Å². The van der Waals surface area contributed by atoms with E-state index in [2.05, 4.69) is 14.9 Å². The molecule has 4 rings (SSSR count). The lowest BCUT2D eigenvalue weighted by Gasteiger charge is -2.36. The zero-order valence-corrected chi connectivity index (χ0v) is 16.4. The Morgan fingerprint density at radius 1 is 1.29 bits per heavy atom. The van der Waals surface area contributed by atoms with E-state index in [1.807, 2.05) is 18.3 Å². The molecule has 0 unspecified atom stereocenters. The monoisotopic (exact) mass is 409 g/mol. The van der Waals surface area contributed by atoms with Gasteiger partial charge in [-0.25, -0.2) is 13.4 Å². The molecular formula is C18H24FN5O3S. The number of alkyl halides is 1. The van der Waals surface area contributed by atoms with Crippen molar-refractivity contribution in [3.05, 3.63) is 18.3 Å². The molecule has 2 aliphatic rings. The van der Waals surface area contributed by atoms with Crippen LogP contribution in [0.15, 0.2) is 18.3 Å². The Morgan fingerprint density at radius 3 is 2.68 bits per heavy atom. The van der Waals surface area contributed by atoms with Crippen molar-refractivity contribution in [1.82, 2.24) is 14.3 Å². The summed E-state index contributed by atoms with van der Waals surface area (Å²) in [7, 11) is -3.42. The van der Waals surface area contributed by atoms with Gasteiger partial charge in [0.1, 0.15) is 11.5 Å². The standard InChI is InChI=1S/C18H24FN5O3S/c19-5-1-11-28(26,27)23-9-7-22(8-10-23)16-12-17(24(13-25)14-2-3-14)21-18-15(16)4-6-20-18/h4,6,12-14H,1-3,5,7-11H2,(H,20,21). The number of H-pyrrole nitrogens is 1. The van der Waals surface area contributed by atoms with Gasteiger partial charge in [-0.1, -0.05) is 0 Å². The molecule has 152 valence electrons. The number of nitrogens with zero attached hydrogens (tertiary/aromatic N) is 4. The molecule has 0 atom stereocenters. The van der Waals surface area contributed by atoms with Crippen LogP contribution in [0, 0.1) is 0 Å². The number of nitrogens with one attached hydrogen (secondary N) is 1. The number of halogens is 1. The Morgan fingerprint density at radius 2 is 2.04 bits per heavy atom. The number of piperazine rings is 1. The number of aromatic amines is 1. The lowest BCUT2D eigenvalue weighted by molar-refractivity contribution is -0.107. The first kappa shape index (κ1) is 19.1. The third kappa shape index (κ3) is 3.70. The summed E-state index contributed by atoms with van der Waals surface area (Å²) in [4.78, 5) is 23.0. The summed E-state index contributed by atoms with van der Waals surface area (Å²) < 4.78 is 38.4. The molecule has 0 spiro atoms. The highest BCUT2D eigenvalue weighted by atomic mass is 32.2. The number of hydrogen-bond acceptors (Lipinski definition) is 5. The quantitative estimate of drug-likeness (QED) is 0.668. The van der Waals surface area contributed by atoms with E-state index in [9.17, 15) is 17.6 Å². The molecule has 3 heterocycles. The lowest BCUT2D eigenvalue weighted by Crippen LogP contribution is -2.49. The number of carbonyl (C=O) groups excluding carboxylic acids is 1. The molecule has 0 radical (unpaired) electrons. The first-order valence-electron chi connectivity index (χ1n) is 9.54. The Hall–Kier alpha value is -2.20. The van der Waals surface area contributed by atoms with Gasteiger partial charge < -0.3 is 9.88 Å². The molecule has 1 amide bonds. The first-order valence-corrected chi connectivity index (χ1v) is 11.1. The Bertz CT molecular complexity index is 951. The van der Waals surface area contributed by atoms with E-state index in [0.717, 1.165) is 30.3 Å².